The van der Waals surface area contributed by atoms with E-state index in [2.05, 4.69) is 42.5 Å². The van der Waals surface area contributed by atoms with Crippen molar-refractivity contribution < 1.29 is 9.90 Å². The summed E-state index contributed by atoms with van der Waals surface area (Å²) in [7, 11) is -2.51. The lowest BCUT2D eigenvalue weighted by Crippen LogP contribution is -2.25. The lowest BCUT2D eigenvalue weighted by molar-refractivity contribution is -0.131. The molecule has 0 aromatic heterocycles. The molecule has 5 heteroatoms. The van der Waals surface area contributed by atoms with Crippen LogP contribution in [0.25, 0.3) is 6.08 Å². The summed E-state index contributed by atoms with van der Waals surface area (Å²) in [5, 5.41) is 21.8. The lowest BCUT2D eigenvalue weighted by atomic mass is 10.1. The van der Waals surface area contributed by atoms with E-state index in [0.717, 1.165) is 22.0 Å². The average Bonchev–Trinajstić information content (AvgIpc) is 2.88. The Balaban J connectivity index is 2.13. The largest absolute Gasteiger partial charge is 0.478 e. The van der Waals surface area contributed by atoms with E-state index < -0.39 is 13.0 Å². The van der Waals surface area contributed by atoms with Gasteiger partial charge in [0.2, 0.25) is 0 Å². The van der Waals surface area contributed by atoms with E-state index in [1.807, 2.05) is 54.6 Å². The minimum Gasteiger partial charge on any atom is -0.478 e. The van der Waals surface area contributed by atoms with Crippen LogP contribution in [0.4, 0.5) is 5.69 Å². The maximum absolute atomic E-state index is 11.2. The van der Waals surface area contributed by atoms with Gasteiger partial charge < -0.3 is 5.11 Å². The Labute approximate surface area is 193 Å². The Morgan fingerprint density at radius 3 is 1.70 bits per heavy atom. The van der Waals surface area contributed by atoms with Crippen LogP contribution in [0, 0.1) is 11.3 Å². The molecule has 4 aromatic rings. The van der Waals surface area contributed by atoms with Gasteiger partial charge in [-0.3, -0.25) is 4.74 Å². The summed E-state index contributed by atoms with van der Waals surface area (Å²) >= 11 is 0. The predicted molar refractivity (Wildman–Crippen MR) is 135 cm³/mol. The van der Waals surface area contributed by atoms with Crippen LogP contribution in [-0.2, 0) is 4.79 Å². The minimum atomic E-state index is -2.51. The molecule has 4 nitrogen and oxygen atoms in total. The fourth-order valence-corrected chi connectivity index (χ4v) is 7.28. The van der Waals surface area contributed by atoms with Crippen LogP contribution in [0.3, 0.4) is 0 Å². The zero-order valence-electron chi connectivity index (χ0n) is 17.7. The lowest BCUT2D eigenvalue weighted by Gasteiger charge is -2.27. The highest BCUT2D eigenvalue weighted by Gasteiger charge is 2.27. The molecule has 0 unspecified atom stereocenters. The van der Waals surface area contributed by atoms with Crippen LogP contribution in [0.1, 0.15) is 11.1 Å². The average molecular weight is 448 g/mol. The molecule has 1 N–H and O–H groups in total. The second-order valence-electron chi connectivity index (χ2n) is 7.30. The van der Waals surface area contributed by atoms with Gasteiger partial charge in [-0.25, -0.2) is 4.79 Å². The van der Waals surface area contributed by atoms with Crippen LogP contribution < -0.4 is 15.9 Å². The number of nitrogens with zero attached hydrogens (tertiary/aromatic N) is 2. The molecule has 160 valence electrons. The zero-order chi connectivity index (χ0) is 23.1. The van der Waals surface area contributed by atoms with E-state index in [4.69, 9.17) is 4.74 Å². The summed E-state index contributed by atoms with van der Waals surface area (Å²) in [6, 6.07) is 37.9. The third-order valence-electron chi connectivity index (χ3n) is 5.21. The van der Waals surface area contributed by atoms with Gasteiger partial charge in [0.1, 0.15) is 0 Å². The molecule has 0 amide bonds. The number of carbonyl (C=O) groups is 1. The first-order chi connectivity index (χ1) is 16.1. The minimum absolute atomic E-state index is 0.446. The van der Waals surface area contributed by atoms with Crippen LogP contribution in [0.15, 0.2) is 120 Å². The molecule has 0 fully saturated rings. The van der Waals surface area contributed by atoms with Gasteiger partial charge in [-0.05, 0) is 24.3 Å². The van der Waals surface area contributed by atoms with Gasteiger partial charge in [0.15, 0.2) is 0 Å². The van der Waals surface area contributed by atoms with Crippen molar-refractivity contribution in [3.8, 4) is 6.07 Å². The monoisotopic (exact) mass is 448 g/mol. The standard InChI is InChI=1S/C28H21N2O2P/c29-21-22-16-18-27(23(20-22)17-19-28(31)32)30-33(24-10-4-1-5-11-24,25-12-6-2-7-13-25)26-14-8-3-9-15-26/h1-20H,(H,31,32)/b19-17+. The number of nitriles is 1. The number of rotatable bonds is 6. The molecule has 0 saturated heterocycles. The van der Waals surface area contributed by atoms with Crippen molar-refractivity contribution in [1.82, 2.24) is 0 Å². The van der Waals surface area contributed by atoms with Crippen molar-refractivity contribution >= 4 is 40.7 Å². The quantitative estimate of drug-likeness (QED) is 0.314. The topological polar surface area (TPSA) is 73.5 Å². The second kappa shape index (κ2) is 9.96. The van der Waals surface area contributed by atoms with Crippen molar-refractivity contribution in [2.45, 2.75) is 0 Å². The molecule has 0 aliphatic rings. The molecular weight excluding hydrogens is 427 g/mol. The molecule has 33 heavy (non-hydrogen) atoms. The summed E-state index contributed by atoms with van der Waals surface area (Å²) in [6.07, 6.45) is 2.57. The second-order valence-corrected chi connectivity index (χ2v) is 10.3. The fourth-order valence-electron chi connectivity index (χ4n) is 3.72. The maximum Gasteiger partial charge on any atom is 0.328 e. The fraction of sp³-hybridized carbons (Fsp3) is 0. The van der Waals surface area contributed by atoms with Crippen molar-refractivity contribution in [2.75, 3.05) is 0 Å². The van der Waals surface area contributed by atoms with Gasteiger partial charge in [0.05, 0.1) is 24.4 Å². The van der Waals surface area contributed by atoms with Crippen molar-refractivity contribution in [2.24, 2.45) is 4.74 Å². The molecule has 4 rings (SSSR count). The molecule has 0 atom stereocenters. The first-order valence-electron chi connectivity index (χ1n) is 10.4. The Bertz CT molecular complexity index is 1290. The summed E-state index contributed by atoms with van der Waals surface area (Å²) < 4.78 is 5.41. The van der Waals surface area contributed by atoms with E-state index in [-0.39, 0.29) is 0 Å². The van der Waals surface area contributed by atoms with Gasteiger partial charge in [0, 0.05) is 27.6 Å². The van der Waals surface area contributed by atoms with Gasteiger partial charge in [-0.15, -0.1) is 0 Å². The van der Waals surface area contributed by atoms with E-state index in [9.17, 15) is 15.2 Å². The Kier molecular flexibility index (Phi) is 6.64. The number of benzene rings is 4. The summed E-state index contributed by atoms with van der Waals surface area (Å²) in [4.78, 5) is 11.2. The third-order valence-corrected chi connectivity index (χ3v) is 8.86. The molecular formula is C28H21N2O2P. The smallest absolute Gasteiger partial charge is 0.328 e. The molecule has 0 bridgehead atoms. The highest BCUT2D eigenvalue weighted by atomic mass is 31.2. The van der Waals surface area contributed by atoms with Gasteiger partial charge in [0.25, 0.3) is 0 Å². The first kappa shape index (κ1) is 22.0. The summed E-state index contributed by atoms with van der Waals surface area (Å²) in [5.41, 5.74) is 1.67. The number of carboxylic acid groups (broad SMARTS) is 1. The highest BCUT2D eigenvalue weighted by Crippen LogP contribution is 2.49. The van der Waals surface area contributed by atoms with E-state index in [1.54, 1.807) is 18.2 Å². The third kappa shape index (κ3) is 4.70. The van der Waals surface area contributed by atoms with Crippen LogP contribution >= 0.6 is 7.05 Å². The predicted octanol–water partition coefficient (Wildman–Crippen LogP) is 5.47. The Hall–Kier alpha value is -4.19. The van der Waals surface area contributed by atoms with Gasteiger partial charge in [-0.1, -0.05) is 91.0 Å². The van der Waals surface area contributed by atoms with Crippen molar-refractivity contribution in [3.63, 3.8) is 0 Å². The Morgan fingerprint density at radius 2 is 1.27 bits per heavy atom. The van der Waals surface area contributed by atoms with E-state index in [1.165, 1.54) is 6.08 Å². The molecule has 0 aliphatic carbocycles. The number of hydrogen-bond acceptors (Lipinski definition) is 3. The van der Waals surface area contributed by atoms with Gasteiger partial charge >= 0.3 is 5.97 Å². The molecule has 0 radical (unpaired) electrons. The van der Waals surface area contributed by atoms with E-state index >= 15 is 0 Å². The highest BCUT2D eigenvalue weighted by molar-refractivity contribution is 7.87. The Morgan fingerprint density at radius 1 is 0.788 bits per heavy atom. The molecule has 0 saturated carbocycles. The van der Waals surface area contributed by atoms with Crippen LogP contribution in [0.2, 0.25) is 0 Å². The van der Waals surface area contributed by atoms with Gasteiger partial charge in [-0.2, -0.15) is 5.26 Å². The normalized spacial score (nSPS) is 11.1. The zero-order valence-corrected chi connectivity index (χ0v) is 18.6. The van der Waals surface area contributed by atoms with Crippen LogP contribution in [-0.4, -0.2) is 11.1 Å². The molecule has 0 heterocycles. The molecule has 0 spiro atoms. The summed E-state index contributed by atoms with van der Waals surface area (Å²) in [6.45, 7) is 0. The molecule has 0 aliphatic heterocycles. The summed E-state index contributed by atoms with van der Waals surface area (Å²) in [5.74, 6) is -1.06. The number of aliphatic carboxylic acids is 1. The molecule has 4 aromatic carbocycles. The van der Waals surface area contributed by atoms with E-state index in [0.29, 0.717) is 16.8 Å². The van der Waals surface area contributed by atoms with Crippen molar-refractivity contribution in [3.05, 3.63) is 126 Å². The SMILES string of the molecule is N#Cc1ccc(N=P(c2ccccc2)(c2ccccc2)c2ccccc2)c(/C=C/C(=O)O)c1. The van der Waals surface area contributed by atoms with Crippen molar-refractivity contribution in [1.29, 1.82) is 5.26 Å². The first-order valence-corrected chi connectivity index (χ1v) is 12.1. The van der Waals surface area contributed by atoms with Crippen LogP contribution in [0.5, 0.6) is 0 Å². The number of carboxylic acids is 1. The number of hydrogen-bond donors (Lipinski definition) is 1. The maximum atomic E-state index is 11.2.